The van der Waals surface area contributed by atoms with Gasteiger partial charge in [-0.3, -0.25) is 4.79 Å². The number of thiazole rings is 2. The SMILES string of the molecule is O=C(NS(=O)(=O)c1cnc(Cl)s1)c1csc(-c2cccc3ccccc23)n1. The van der Waals surface area contributed by atoms with Gasteiger partial charge in [0.2, 0.25) is 0 Å². The van der Waals surface area contributed by atoms with Crippen LogP contribution in [0.4, 0.5) is 0 Å². The summed E-state index contributed by atoms with van der Waals surface area (Å²) in [6.45, 7) is 0. The third-order valence-electron chi connectivity index (χ3n) is 3.71. The lowest BCUT2D eigenvalue weighted by Crippen LogP contribution is -2.30. The van der Waals surface area contributed by atoms with Crippen LogP contribution in [0.1, 0.15) is 10.5 Å². The highest BCUT2D eigenvalue weighted by Gasteiger charge is 2.23. The average Bonchev–Trinajstić information content (AvgIpc) is 3.30. The average molecular weight is 436 g/mol. The summed E-state index contributed by atoms with van der Waals surface area (Å²) in [5, 5.41) is 4.23. The van der Waals surface area contributed by atoms with Crippen LogP contribution in [-0.4, -0.2) is 24.3 Å². The lowest BCUT2D eigenvalue weighted by atomic mass is 10.1. The fraction of sp³-hybridized carbons (Fsp3) is 0. The van der Waals surface area contributed by atoms with E-state index in [0.717, 1.165) is 33.9 Å². The second-order valence-corrected chi connectivity index (χ2v) is 9.81. The Morgan fingerprint density at radius 3 is 2.67 bits per heavy atom. The van der Waals surface area contributed by atoms with Crippen molar-refractivity contribution in [2.45, 2.75) is 4.21 Å². The highest BCUT2D eigenvalue weighted by Crippen LogP contribution is 2.31. The van der Waals surface area contributed by atoms with Crippen LogP contribution >= 0.6 is 34.3 Å². The topological polar surface area (TPSA) is 89.0 Å². The van der Waals surface area contributed by atoms with E-state index in [-0.39, 0.29) is 14.4 Å². The van der Waals surface area contributed by atoms with Crippen LogP contribution < -0.4 is 4.72 Å². The first-order chi connectivity index (χ1) is 12.9. The van der Waals surface area contributed by atoms with E-state index in [4.69, 9.17) is 11.6 Å². The molecule has 0 spiro atoms. The maximum absolute atomic E-state index is 12.4. The quantitative estimate of drug-likeness (QED) is 0.519. The number of nitrogens with zero attached hydrogens (tertiary/aromatic N) is 2. The molecular formula is C17H10ClN3O3S3. The van der Waals surface area contributed by atoms with E-state index in [9.17, 15) is 13.2 Å². The van der Waals surface area contributed by atoms with Crippen molar-refractivity contribution >= 4 is 61.0 Å². The normalized spacial score (nSPS) is 11.6. The van der Waals surface area contributed by atoms with Crippen molar-refractivity contribution in [1.82, 2.24) is 14.7 Å². The molecule has 0 unspecified atom stereocenters. The van der Waals surface area contributed by atoms with Crippen LogP contribution in [0.25, 0.3) is 21.3 Å². The molecule has 0 aliphatic carbocycles. The van der Waals surface area contributed by atoms with Crippen LogP contribution in [0.5, 0.6) is 0 Å². The van der Waals surface area contributed by atoms with Crippen molar-refractivity contribution < 1.29 is 13.2 Å². The third kappa shape index (κ3) is 3.59. The molecule has 4 rings (SSSR count). The molecule has 136 valence electrons. The van der Waals surface area contributed by atoms with Crippen LogP contribution in [0.15, 0.2) is 58.3 Å². The maximum Gasteiger partial charge on any atom is 0.284 e. The van der Waals surface area contributed by atoms with Crippen LogP contribution in [0.2, 0.25) is 4.47 Å². The molecule has 6 nitrogen and oxygen atoms in total. The summed E-state index contributed by atoms with van der Waals surface area (Å²) in [5.41, 5.74) is 0.913. The number of carbonyl (C=O) groups is 1. The van der Waals surface area contributed by atoms with Crippen LogP contribution in [0, 0.1) is 0 Å². The minimum absolute atomic E-state index is 0.0297. The molecule has 0 atom stereocenters. The monoisotopic (exact) mass is 435 g/mol. The van der Waals surface area contributed by atoms with E-state index in [1.807, 2.05) is 47.2 Å². The highest BCUT2D eigenvalue weighted by atomic mass is 35.5. The van der Waals surface area contributed by atoms with E-state index >= 15 is 0 Å². The Morgan fingerprint density at radius 2 is 1.89 bits per heavy atom. The zero-order valence-corrected chi connectivity index (χ0v) is 16.6. The molecule has 4 aromatic rings. The van der Waals surface area contributed by atoms with Gasteiger partial charge in [0.05, 0.1) is 6.20 Å². The number of halogens is 1. The molecule has 2 aromatic carbocycles. The zero-order chi connectivity index (χ0) is 19.0. The molecule has 27 heavy (non-hydrogen) atoms. The Kier molecular flexibility index (Phi) is 4.68. The van der Waals surface area contributed by atoms with E-state index in [2.05, 4.69) is 9.97 Å². The van der Waals surface area contributed by atoms with Crippen LogP contribution in [-0.2, 0) is 10.0 Å². The van der Waals surface area contributed by atoms with Gasteiger partial charge in [0.25, 0.3) is 15.9 Å². The molecule has 0 bridgehead atoms. The number of hydrogen-bond acceptors (Lipinski definition) is 7. The summed E-state index contributed by atoms with van der Waals surface area (Å²) < 4.78 is 26.4. The highest BCUT2D eigenvalue weighted by molar-refractivity contribution is 7.92. The number of aromatic nitrogens is 2. The summed E-state index contributed by atoms with van der Waals surface area (Å²) >= 11 is 7.70. The van der Waals surface area contributed by atoms with Crippen molar-refractivity contribution in [2.24, 2.45) is 0 Å². The summed E-state index contributed by atoms with van der Waals surface area (Å²) in [6, 6.07) is 13.7. The summed E-state index contributed by atoms with van der Waals surface area (Å²) in [6.07, 6.45) is 1.10. The lowest BCUT2D eigenvalue weighted by Gasteiger charge is -2.03. The van der Waals surface area contributed by atoms with Gasteiger partial charge in [0, 0.05) is 10.9 Å². The fourth-order valence-electron chi connectivity index (χ4n) is 2.50. The molecular weight excluding hydrogens is 426 g/mol. The number of nitrogens with one attached hydrogen (secondary N) is 1. The Hall–Kier alpha value is -2.33. The van der Waals surface area contributed by atoms with E-state index in [0.29, 0.717) is 5.01 Å². The Morgan fingerprint density at radius 1 is 1.11 bits per heavy atom. The van der Waals surface area contributed by atoms with Gasteiger partial charge in [0.1, 0.15) is 10.7 Å². The Labute approximate surface area is 167 Å². The smallest absolute Gasteiger partial charge is 0.266 e. The van der Waals surface area contributed by atoms with Crippen LogP contribution in [0.3, 0.4) is 0 Å². The standard InChI is InChI=1S/C17H10ClN3O3S3/c18-17-19-8-14(26-17)27(23,24)21-15(22)13-9-25-16(20-13)12-7-3-5-10-4-1-2-6-11(10)12/h1-9H,(H,21,22). The molecule has 1 N–H and O–H groups in total. The first-order valence-corrected chi connectivity index (χ1v) is 11.1. The van der Waals surface area contributed by atoms with E-state index < -0.39 is 15.9 Å². The van der Waals surface area contributed by atoms with Gasteiger partial charge < -0.3 is 0 Å². The first kappa shape index (κ1) is 18.1. The van der Waals surface area contributed by atoms with Crippen molar-refractivity contribution in [3.05, 3.63) is 64.2 Å². The predicted octanol–water partition coefficient (Wildman–Crippen LogP) is 4.19. The number of amides is 1. The molecule has 10 heteroatoms. The van der Waals surface area contributed by atoms with Crippen molar-refractivity contribution in [1.29, 1.82) is 0 Å². The van der Waals surface area contributed by atoms with Gasteiger partial charge in [0.15, 0.2) is 8.68 Å². The van der Waals surface area contributed by atoms with Gasteiger partial charge in [-0.25, -0.2) is 23.1 Å². The van der Waals surface area contributed by atoms with E-state index in [1.54, 1.807) is 0 Å². The number of rotatable bonds is 4. The minimum Gasteiger partial charge on any atom is -0.266 e. The fourth-order valence-corrected chi connectivity index (χ4v) is 5.59. The lowest BCUT2D eigenvalue weighted by molar-refractivity contribution is 0.0977. The molecule has 2 aromatic heterocycles. The molecule has 2 heterocycles. The number of fused-ring (bicyclic) bond motifs is 1. The molecule has 0 saturated heterocycles. The predicted molar refractivity (Wildman–Crippen MR) is 107 cm³/mol. The first-order valence-electron chi connectivity index (χ1n) is 7.56. The maximum atomic E-state index is 12.4. The van der Waals surface area contributed by atoms with Gasteiger partial charge in [-0.15, -0.1) is 11.3 Å². The van der Waals surface area contributed by atoms with Crippen molar-refractivity contribution in [3.63, 3.8) is 0 Å². The number of carbonyl (C=O) groups excluding carboxylic acids is 1. The number of sulfonamides is 1. The second kappa shape index (κ2) is 7.01. The molecule has 0 saturated carbocycles. The molecule has 0 fully saturated rings. The molecule has 0 radical (unpaired) electrons. The summed E-state index contributed by atoms with van der Waals surface area (Å²) in [5.74, 6) is -0.803. The van der Waals surface area contributed by atoms with Gasteiger partial charge in [-0.05, 0) is 10.8 Å². The molecule has 0 aliphatic heterocycles. The van der Waals surface area contributed by atoms with E-state index in [1.165, 1.54) is 16.7 Å². The second-order valence-electron chi connectivity index (χ2n) is 5.43. The zero-order valence-electron chi connectivity index (χ0n) is 13.4. The number of benzene rings is 2. The Balaban J connectivity index is 1.63. The summed E-state index contributed by atoms with van der Waals surface area (Å²) in [7, 11) is -4.04. The number of hydrogen-bond donors (Lipinski definition) is 1. The van der Waals surface area contributed by atoms with Gasteiger partial charge in [-0.1, -0.05) is 65.4 Å². The van der Waals surface area contributed by atoms with Gasteiger partial charge >= 0.3 is 0 Å². The minimum atomic E-state index is -4.04. The van der Waals surface area contributed by atoms with Crippen molar-refractivity contribution in [3.8, 4) is 10.6 Å². The largest absolute Gasteiger partial charge is 0.284 e. The Bertz CT molecular complexity index is 1260. The molecule has 0 aliphatic rings. The third-order valence-corrected chi connectivity index (χ3v) is 7.49. The molecule has 1 amide bonds. The van der Waals surface area contributed by atoms with Crippen molar-refractivity contribution in [2.75, 3.05) is 0 Å². The summed E-state index contributed by atoms with van der Waals surface area (Å²) in [4.78, 5) is 20.3. The van der Waals surface area contributed by atoms with Gasteiger partial charge in [-0.2, -0.15) is 0 Å².